The summed E-state index contributed by atoms with van der Waals surface area (Å²) < 4.78 is 130. The minimum absolute atomic E-state index is 0. The Labute approximate surface area is 479 Å². The van der Waals surface area contributed by atoms with Crippen molar-refractivity contribution in [2.24, 2.45) is 48.8 Å². The number of aromatic nitrogens is 12. The van der Waals surface area contributed by atoms with Crippen molar-refractivity contribution in [3.63, 3.8) is 0 Å². The van der Waals surface area contributed by atoms with Gasteiger partial charge in [-0.05, 0) is 83.1 Å². The van der Waals surface area contributed by atoms with E-state index in [0.717, 1.165) is 10.5 Å². The van der Waals surface area contributed by atoms with E-state index in [1.54, 1.807) is 32.4 Å². The molecule has 0 amide bonds. The first kappa shape index (κ1) is 67.1. The van der Waals surface area contributed by atoms with E-state index in [1.807, 2.05) is 14.0 Å². The Balaban J connectivity index is 0.000000227. The first-order valence-corrected chi connectivity index (χ1v) is 29.8. The number of rotatable bonds is 8. The zero-order valence-corrected chi connectivity index (χ0v) is 51.4. The molecule has 0 spiro atoms. The molecule has 0 aliphatic carbocycles. The van der Waals surface area contributed by atoms with E-state index in [4.69, 9.17) is 65.8 Å². The number of nitrogens with zero attached hydrogens (tertiary/aromatic N) is 16. The fraction of sp³-hybridized carbons (Fsp3) is 0.700. The van der Waals surface area contributed by atoms with Gasteiger partial charge in [0.05, 0.1) is 5.75 Å². The van der Waals surface area contributed by atoms with Crippen LogP contribution in [0.1, 0.15) is 111 Å². The summed E-state index contributed by atoms with van der Waals surface area (Å²) in [7, 11) is -6.77. The topological polar surface area (TPSA) is 312 Å². The monoisotopic (exact) mass is 1280 g/mol. The maximum Gasteiger partial charge on any atom is 0.282 e. The van der Waals surface area contributed by atoms with Crippen LogP contribution in [-0.2, 0) is 86.5 Å². The van der Waals surface area contributed by atoms with Crippen LogP contribution in [0.15, 0.2) is 20.6 Å². The summed E-state index contributed by atoms with van der Waals surface area (Å²) in [4.78, 5) is 35.4. The Morgan fingerprint density at radius 2 is 0.861 bits per heavy atom. The Morgan fingerprint density at radius 3 is 1.15 bits per heavy atom. The molecule has 4 aliphatic rings. The fourth-order valence-electron chi connectivity index (χ4n) is 6.67. The first-order chi connectivity index (χ1) is 35.4. The molecule has 0 saturated carbocycles. The average Bonchev–Trinajstić information content (AvgIpc) is 4.21. The number of aryl methyl sites for hydroxylation is 8. The molecule has 6 atom stereocenters. The summed E-state index contributed by atoms with van der Waals surface area (Å²) in [6.45, 7) is 18.2. The van der Waals surface area contributed by atoms with Crippen molar-refractivity contribution in [2.45, 2.75) is 149 Å². The van der Waals surface area contributed by atoms with Gasteiger partial charge in [-0.2, -0.15) is 20.4 Å². The number of hydrogen-bond acceptors (Lipinski definition) is 23. The second kappa shape index (κ2) is 23.8. The molecule has 0 fully saturated rings. The molecule has 2 unspecified atom stereocenters. The van der Waals surface area contributed by atoms with E-state index < -0.39 is 105 Å². The Hall–Kier alpha value is -4.42. The fourth-order valence-corrected chi connectivity index (χ4v) is 13.6. The summed E-state index contributed by atoms with van der Waals surface area (Å²) in [6.07, 6.45) is -6.94. The zero-order chi connectivity index (χ0) is 59.4. The van der Waals surface area contributed by atoms with Gasteiger partial charge < -0.3 is 19.4 Å². The molecule has 0 saturated heterocycles. The molecule has 39 heteroatoms. The maximum absolute atomic E-state index is 14.2. The van der Waals surface area contributed by atoms with Gasteiger partial charge in [0, 0.05) is 36.6 Å². The van der Waals surface area contributed by atoms with Gasteiger partial charge in [-0.25, -0.2) is 67.4 Å². The summed E-state index contributed by atoms with van der Waals surface area (Å²) in [5.41, 5.74) is -4.95. The summed E-state index contributed by atoms with van der Waals surface area (Å²) in [6, 6.07) is 0. The van der Waals surface area contributed by atoms with Crippen molar-refractivity contribution in [1.82, 2.24) is 59.1 Å². The highest BCUT2D eigenvalue weighted by Crippen LogP contribution is 2.43. The van der Waals surface area contributed by atoms with Crippen LogP contribution in [0.4, 0.5) is 17.6 Å². The van der Waals surface area contributed by atoms with Crippen molar-refractivity contribution in [1.29, 1.82) is 0 Å². The van der Waals surface area contributed by atoms with Gasteiger partial charge in [-0.3, -0.25) is 14.0 Å². The van der Waals surface area contributed by atoms with E-state index in [2.05, 4.69) is 61.0 Å². The standard InChI is InChI=1S/C10H13Cl2FN4O3S.2C10H14ClFN4O3S.C10H15FN4OS.B/c1-5-14-8(17(4)15-5)10(11,12)21(18,19)7-6(13)9(2,3)20-16-7;2*1-5-13-8(16(4)14-5)7(11)20(17,18)9-6(12)10(2,3)19-15-9;1-6-12-7(15(4)13-6)5-17-9-8(11)10(2,3)16-14-9;/h6H,1-4H3;2*6-7H,1-4H3;8H,5H2,1-4H3;/t;6-,7+;6-,7-;;/m.01../s1. The van der Waals surface area contributed by atoms with Crippen molar-refractivity contribution in [2.75, 3.05) is 0 Å². The molecule has 4 aliphatic heterocycles. The highest BCUT2D eigenvalue weighted by molar-refractivity contribution is 8.13. The highest BCUT2D eigenvalue weighted by Gasteiger charge is 2.58. The second-order valence-corrected chi connectivity index (χ2v) is 29.7. The number of thioether (sulfide) groups is 1. The van der Waals surface area contributed by atoms with Crippen LogP contribution < -0.4 is 0 Å². The molecule has 0 N–H and O–H groups in total. The molecule has 4 aromatic heterocycles. The Morgan fingerprint density at radius 1 is 0.532 bits per heavy atom. The minimum Gasteiger partial charge on any atom is -0.385 e. The number of alkyl halides is 8. The Kier molecular flexibility index (Phi) is 20.2. The van der Waals surface area contributed by atoms with Gasteiger partial charge in [0.1, 0.15) is 29.1 Å². The number of hydrogen-bond donors (Lipinski definition) is 0. The van der Waals surface area contributed by atoms with Gasteiger partial charge in [0.25, 0.3) is 3.67 Å². The quantitative estimate of drug-likeness (QED) is 0.119. The van der Waals surface area contributed by atoms with Crippen molar-refractivity contribution in [3.8, 4) is 0 Å². The molecule has 439 valence electrons. The zero-order valence-electron chi connectivity index (χ0n) is 45.1. The minimum atomic E-state index is -4.56. The molecule has 8 rings (SSSR count). The number of oxime groups is 4. The predicted octanol–water partition coefficient (Wildman–Crippen LogP) is 5.50. The first-order valence-electron chi connectivity index (χ1n) is 22.6. The molecule has 26 nitrogen and oxygen atoms in total. The van der Waals surface area contributed by atoms with Crippen LogP contribution in [0.5, 0.6) is 0 Å². The van der Waals surface area contributed by atoms with Gasteiger partial charge >= 0.3 is 0 Å². The summed E-state index contributed by atoms with van der Waals surface area (Å²) >= 11 is 25.1. The van der Waals surface area contributed by atoms with Crippen molar-refractivity contribution < 1.29 is 62.2 Å². The van der Waals surface area contributed by atoms with Crippen LogP contribution in [-0.4, -0.2) is 160 Å². The number of halogens is 8. The molecule has 0 aromatic carbocycles. The molecule has 8 heterocycles. The number of sulfone groups is 3. The average molecular weight is 1280 g/mol. The van der Waals surface area contributed by atoms with Crippen LogP contribution in [0.2, 0.25) is 0 Å². The van der Waals surface area contributed by atoms with E-state index in [1.165, 1.54) is 90.7 Å². The lowest BCUT2D eigenvalue weighted by atomic mass is 10.1. The van der Waals surface area contributed by atoms with E-state index in [0.29, 0.717) is 28.3 Å². The lowest BCUT2D eigenvalue weighted by Gasteiger charge is -2.21. The lowest BCUT2D eigenvalue weighted by molar-refractivity contribution is -0.0233. The molecule has 79 heavy (non-hydrogen) atoms. The van der Waals surface area contributed by atoms with Crippen LogP contribution >= 0.6 is 58.2 Å². The maximum atomic E-state index is 14.2. The van der Waals surface area contributed by atoms with Crippen LogP contribution in [0.25, 0.3) is 0 Å². The van der Waals surface area contributed by atoms with Gasteiger partial charge in [0.2, 0.25) is 44.6 Å². The Bertz CT molecular complexity index is 3280. The molecule has 4 aromatic rings. The largest absolute Gasteiger partial charge is 0.385 e. The summed E-state index contributed by atoms with van der Waals surface area (Å²) in [5, 5.41) is 27.6. The lowest BCUT2D eigenvalue weighted by Crippen LogP contribution is -2.42. The van der Waals surface area contributed by atoms with E-state index in [-0.39, 0.29) is 31.7 Å². The molecular weight excluding hydrogens is 1220 g/mol. The van der Waals surface area contributed by atoms with Gasteiger partial charge in [0.15, 0.2) is 79.0 Å². The molecule has 3 radical (unpaired) electrons. The molecular formula is C40H56BCl4F4N16O10S4. The van der Waals surface area contributed by atoms with Crippen molar-refractivity contribution in [3.05, 3.63) is 46.6 Å². The normalized spacial score (nSPS) is 22.5. The third-order valence-corrected chi connectivity index (χ3v) is 20.4. The predicted molar refractivity (Wildman–Crippen MR) is 287 cm³/mol. The SMILES string of the molecule is Cc1nc(C(Cl)(Cl)S(=O)(=O)C2=NOC(C)(C)C2F)n(C)n1.Cc1nc(CSC2=NOC(C)(C)C2F)n(C)n1.Cc1nc([C@H](Cl)S(=O)(=O)C2=NOC(C)(C)[C@@H]2F)n(C)n1.Cc1nc([C@H](Cl)S(=O)(=O)C2=NOC(C)(C)[C@H]2F)n(C)n1.[B]. The van der Waals surface area contributed by atoms with Gasteiger partial charge in [-0.1, -0.05) is 78.8 Å². The summed E-state index contributed by atoms with van der Waals surface area (Å²) in [5.74, 6) is 2.81. The second-order valence-electron chi connectivity index (χ2n) is 19.6. The smallest absolute Gasteiger partial charge is 0.282 e. The highest BCUT2D eigenvalue weighted by atomic mass is 35.5. The van der Waals surface area contributed by atoms with Crippen LogP contribution in [0, 0.1) is 27.7 Å². The van der Waals surface area contributed by atoms with E-state index >= 15 is 0 Å². The molecule has 0 bridgehead atoms. The van der Waals surface area contributed by atoms with E-state index in [9.17, 15) is 42.8 Å². The van der Waals surface area contributed by atoms with Crippen molar-refractivity contribution >= 4 is 116 Å². The van der Waals surface area contributed by atoms with Gasteiger partial charge in [-0.15, -0.1) is 0 Å². The van der Waals surface area contributed by atoms with Crippen LogP contribution in [0.3, 0.4) is 0 Å². The third kappa shape index (κ3) is 13.8. The third-order valence-electron chi connectivity index (χ3n) is 11.2.